The second-order valence-corrected chi connectivity index (χ2v) is 6.69. The molecule has 0 bridgehead atoms. The number of rotatable bonds is 6. The molecule has 0 saturated carbocycles. The van der Waals surface area contributed by atoms with Crippen molar-refractivity contribution in [2.24, 2.45) is 0 Å². The quantitative estimate of drug-likeness (QED) is 0.190. The molecule has 0 N–H and O–H groups in total. The number of nitro groups is 2. The van der Waals surface area contributed by atoms with Crippen LogP contribution < -0.4 is 9.47 Å². The van der Waals surface area contributed by atoms with Crippen LogP contribution in [0.1, 0.15) is 6.42 Å². The molecular weight excluding hydrogens is 496 g/mol. The first-order valence-electron chi connectivity index (χ1n) is 6.96. The van der Waals surface area contributed by atoms with Gasteiger partial charge in [-0.2, -0.15) is 0 Å². The van der Waals surface area contributed by atoms with Crippen LogP contribution in [-0.4, -0.2) is 21.8 Å². The molecule has 0 amide bonds. The number of hydrogen-bond donors (Lipinski definition) is 0. The van der Waals surface area contributed by atoms with Crippen LogP contribution in [0.3, 0.4) is 0 Å². The molecule has 2 rings (SSSR count). The van der Waals surface area contributed by atoms with Crippen molar-refractivity contribution in [3.63, 3.8) is 0 Å². The van der Waals surface area contributed by atoms with Crippen molar-refractivity contribution < 1.29 is 28.9 Å². The molecule has 10 nitrogen and oxygen atoms in total. The predicted octanol–water partition coefficient (Wildman–Crippen LogP) is 3.93. The van der Waals surface area contributed by atoms with Gasteiger partial charge in [-0.1, -0.05) is 31.9 Å². The van der Waals surface area contributed by atoms with Crippen LogP contribution in [0, 0.1) is 20.2 Å². The van der Waals surface area contributed by atoms with Gasteiger partial charge in [0, 0.05) is 33.2 Å². The largest absolute Gasteiger partial charge is 0.419 e. The van der Waals surface area contributed by atoms with Gasteiger partial charge in [0.15, 0.2) is 0 Å². The van der Waals surface area contributed by atoms with Gasteiger partial charge >= 0.3 is 23.3 Å². The zero-order valence-corrected chi connectivity index (χ0v) is 16.3. The second-order valence-electron chi connectivity index (χ2n) is 4.86. The summed E-state index contributed by atoms with van der Waals surface area (Å²) in [6, 6.07) is 7.40. The van der Waals surface area contributed by atoms with Crippen molar-refractivity contribution in [1.82, 2.24) is 0 Å². The Labute approximate surface area is 167 Å². The summed E-state index contributed by atoms with van der Waals surface area (Å²) >= 11 is 6.17. The van der Waals surface area contributed by atoms with Crippen molar-refractivity contribution in [1.29, 1.82) is 0 Å². The van der Waals surface area contributed by atoms with Gasteiger partial charge in [-0.15, -0.1) is 0 Å². The van der Waals surface area contributed by atoms with E-state index in [-0.39, 0.29) is 11.5 Å². The number of halogens is 2. The lowest BCUT2D eigenvalue weighted by molar-refractivity contribution is -0.385. The van der Waals surface area contributed by atoms with E-state index in [1.165, 1.54) is 24.3 Å². The van der Waals surface area contributed by atoms with Crippen molar-refractivity contribution >= 4 is 55.2 Å². The van der Waals surface area contributed by atoms with E-state index >= 15 is 0 Å². The van der Waals surface area contributed by atoms with Crippen LogP contribution in [-0.2, 0) is 9.59 Å². The lowest BCUT2D eigenvalue weighted by Crippen LogP contribution is -2.19. The predicted molar refractivity (Wildman–Crippen MR) is 97.5 cm³/mol. The normalized spacial score (nSPS) is 10.1. The van der Waals surface area contributed by atoms with E-state index in [1.54, 1.807) is 0 Å². The highest BCUT2D eigenvalue weighted by Gasteiger charge is 2.23. The van der Waals surface area contributed by atoms with Crippen molar-refractivity contribution in [2.75, 3.05) is 0 Å². The zero-order valence-electron chi connectivity index (χ0n) is 13.1. The molecule has 0 aliphatic carbocycles. The number of carbonyl (C=O) groups is 2. The standard InChI is InChI=1S/C15H8Br2N2O8/c16-8-1-3-10(18(22)23)12(5-8)26-14(20)7-15(21)27-13-6-9(17)2-4-11(13)19(24)25/h1-6H,7H2. The summed E-state index contributed by atoms with van der Waals surface area (Å²) in [4.78, 5) is 44.2. The van der Waals surface area contributed by atoms with E-state index < -0.39 is 39.6 Å². The van der Waals surface area contributed by atoms with Crippen LogP contribution in [0.25, 0.3) is 0 Å². The lowest BCUT2D eigenvalue weighted by atomic mass is 10.3. The van der Waals surface area contributed by atoms with E-state index in [1.807, 2.05) is 0 Å². The second kappa shape index (κ2) is 8.68. The molecule has 27 heavy (non-hydrogen) atoms. The average Bonchev–Trinajstić information content (AvgIpc) is 2.53. The monoisotopic (exact) mass is 502 g/mol. The van der Waals surface area contributed by atoms with E-state index in [0.717, 1.165) is 12.1 Å². The minimum atomic E-state index is -1.13. The third-order valence-electron chi connectivity index (χ3n) is 2.97. The number of hydrogen-bond acceptors (Lipinski definition) is 8. The molecular formula is C15H8Br2N2O8. The minimum absolute atomic E-state index is 0.361. The fraction of sp³-hybridized carbons (Fsp3) is 0.0667. The fourth-order valence-corrected chi connectivity index (χ4v) is 2.56. The zero-order chi connectivity index (χ0) is 20.1. The van der Waals surface area contributed by atoms with Gasteiger partial charge in [-0.05, 0) is 12.1 Å². The Balaban J connectivity index is 2.11. The van der Waals surface area contributed by atoms with Gasteiger partial charge in [0.1, 0.15) is 6.42 Å². The average molecular weight is 504 g/mol. The number of nitro benzene ring substituents is 2. The molecule has 0 atom stereocenters. The minimum Gasteiger partial charge on any atom is -0.419 e. The number of ether oxygens (including phenoxy) is 2. The number of esters is 2. The Morgan fingerprint density at radius 3 is 1.52 bits per heavy atom. The topological polar surface area (TPSA) is 139 Å². The Bertz CT molecular complexity index is 872. The van der Waals surface area contributed by atoms with E-state index in [0.29, 0.717) is 8.95 Å². The summed E-state index contributed by atoms with van der Waals surface area (Å²) in [5, 5.41) is 21.9. The number of benzene rings is 2. The van der Waals surface area contributed by atoms with E-state index in [4.69, 9.17) is 9.47 Å². The molecule has 0 unspecified atom stereocenters. The first kappa shape index (κ1) is 20.5. The van der Waals surface area contributed by atoms with Gasteiger partial charge in [0.2, 0.25) is 11.5 Å². The van der Waals surface area contributed by atoms with Crippen LogP contribution in [0.5, 0.6) is 11.5 Å². The maximum absolute atomic E-state index is 11.9. The molecule has 0 radical (unpaired) electrons. The third-order valence-corrected chi connectivity index (χ3v) is 3.96. The third kappa shape index (κ3) is 5.56. The van der Waals surface area contributed by atoms with Crippen LogP contribution >= 0.6 is 31.9 Å². The van der Waals surface area contributed by atoms with Crippen LogP contribution in [0.15, 0.2) is 45.3 Å². The lowest BCUT2D eigenvalue weighted by Gasteiger charge is -2.07. The Kier molecular flexibility index (Phi) is 6.58. The Morgan fingerprint density at radius 2 is 1.19 bits per heavy atom. The Morgan fingerprint density at radius 1 is 0.815 bits per heavy atom. The molecule has 2 aromatic carbocycles. The van der Waals surface area contributed by atoms with E-state index in [9.17, 15) is 29.8 Å². The van der Waals surface area contributed by atoms with Crippen LogP contribution in [0.4, 0.5) is 11.4 Å². The van der Waals surface area contributed by atoms with Gasteiger partial charge in [0.25, 0.3) is 0 Å². The van der Waals surface area contributed by atoms with Crippen molar-refractivity contribution in [3.8, 4) is 11.5 Å². The highest BCUT2D eigenvalue weighted by atomic mass is 79.9. The van der Waals surface area contributed by atoms with E-state index in [2.05, 4.69) is 31.9 Å². The van der Waals surface area contributed by atoms with Crippen LogP contribution in [0.2, 0.25) is 0 Å². The molecule has 0 aliphatic rings. The molecule has 140 valence electrons. The van der Waals surface area contributed by atoms with Gasteiger partial charge in [0.05, 0.1) is 9.85 Å². The smallest absolute Gasteiger partial charge is 0.322 e. The molecule has 0 spiro atoms. The van der Waals surface area contributed by atoms with Gasteiger partial charge in [-0.25, -0.2) is 0 Å². The first-order valence-corrected chi connectivity index (χ1v) is 8.55. The molecule has 0 aliphatic heterocycles. The first-order chi connectivity index (χ1) is 12.7. The summed E-state index contributed by atoms with van der Waals surface area (Å²) in [7, 11) is 0. The molecule has 0 fully saturated rings. The number of carbonyl (C=O) groups excluding carboxylic acids is 2. The highest BCUT2D eigenvalue weighted by molar-refractivity contribution is 9.10. The maximum Gasteiger partial charge on any atom is 0.322 e. The van der Waals surface area contributed by atoms with Crippen molar-refractivity contribution in [3.05, 3.63) is 65.6 Å². The SMILES string of the molecule is O=C(CC(=O)Oc1cc(Br)ccc1[N+](=O)[O-])Oc1cc(Br)ccc1[N+](=O)[O-]. The number of nitrogens with zero attached hydrogens (tertiary/aromatic N) is 2. The summed E-state index contributed by atoms with van der Waals surface area (Å²) in [6.45, 7) is 0. The fourth-order valence-electron chi connectivity index (χ4n) is 1.88. The molecule has 12 heteroatoms. The van der Waals surface area contributed by atoms with Gasteiger partial charge in [-0.3, -0.25) is 29.8 Å². The highest BCUT2D eigenvalue weighted by Crippen LogP contribution is 2.32. The molecule has 2 aromatic rings. The van der Waals surface area contributed by atoms with Gasteiger partial charge < -0.3 is 9.47 Å². The summed E-state index contributed by atoms with van der Waals surface area (Å²) in [6.07, 6.45) is -0.909. The molecule has 0 aromatic heterocycles. The summed E-state index contributed by atoms with van der Waals surface area (Å²) < 4.78 is 10.5. The molecule has 0 saturated heterocycles. The molecule has 0 heterocycles. The van der Waals surface area contributed by atoms with Crippen molar-refractivity contribution in [2.45, 2.75) is 6.42 Å². The summed E-state index contributed by atoms with van der Waals surface area (Å²) in [5.74, 6) is -2.97. The maximum atomic E-state index is 11.9. The Hall–Kier alpha value is -2.86. The summed E-state index contributed by atoms with van der Waals surface area (Å²) in [5.41, 5.74) is -0.940.